The molecule has 2 aromatic carbocycles. The summed E-state index contributed by atoms with van der Waals surface area (Å²) >= 11 is 0. The zero-order valence-corrected chi connectivity index (χ0v) is 21.3. The first kappa shape index (κ1) is 27.0. The molecule has 0 fully saturated rings. The summed E-state index contributed by atoms with van der Waals surface area (Å²) in [6.45, 7) is 20.5. The Balaban J connectivity index is 0.00000110. The summed E-state index contributed by atoms with van der Waals surface area (Å²) in [5, 5.41) is 30.0. The van der Waals surface area contributed by atoms with Crippen LogP contribution in [0, 0.1) is 0 Å². The van der Waals surface area contributed by atoms with E-state index in [2.05, 4.69) is 79.7 Å². The topological polar surface area (TPSA) is 60.7 Å². The molecular formula is C28H44O3. The number of aromatic hydroxyl groups is 2. The van der Waals surface area contributed by atoms with Gasteiger partial charge in [-0.2, -0.15) is 0 Å². The largest absolute Gasteiger partial charge is 0.507 e. The van der Waals surface area contributed by atoms with Crippen molar-refractivity contribution in [3.8, 4) is 11.5 Å². The fraction of sp³-hybridized carbons (Fsp3) is 0.571. The third kappa shape index (κ3) is 7.57. The van der Waals surface area contributed by atoms with Crippen molar-refractivity contribution in [2.45, 2.75) is 105 Å². The molecule has 31 heavy (non-hydrogen) atoms. The second-order valence-electron chi connectivity index (χ2n) is 10.8. The molecule has 0 radical (unpaired) electrons. The van der Waals surface area contributed by atoms with E-state index in [-0.39, 0.29) is 16.9 Å². The number of hydrogen-bond acceptors (Lipinski definition) is 3. The van der Waals surface area contributed by atoms with Crippen molar-refractivity contribution in [1.29, 1.82) is 0 Å². The molecule has 0 aliphatic heterocycles. The smallest absolute Gasteiger partial charge is 0.122 e. The molecular weight excluding hydrogens is 384 g/mol. The van der Waals surface area contributed by atoms with Crippen LogP contribution in [0.5, 0.6) is 11.5 Å². The fourth-order valence-electron chi connectivity index (χ4n) is 3.55. The van der Waals surface area contributed by atoms with Crippen LogP contribution in [0.4, 0.5) is 0 Å². The minimum absolute atomic E-state index is 0.131. The molecule has 0 aliphatic rings. The fourth-order valence-corrected chi connectivity index (χ4v) is 3.55. The van der Waals surface area contributed by atoms with Crippen molar-refractivity contribution in [3.05, 3.63) is 57.6 Å². The molecule has 2 rings (SSSR count). The first-order valence-electron chi connectivity index (χ1n) is 11.5. The van der Waals surface area contributed by atoms with E-state index in [1.807, 2.05) is 0 Å². The number of benzene rings is 2. The predicted octanol–water partition coefficient (Wildman–Crippen LogP) is 6.80. The van der Waals surface area contributed by atoms with Gasteiger partial charge in [0.25, 0.3) is 0 Å². The van der Waals surface area contributed by atoms with Gasteiger partial charge in [0.1, 0.15) is 11.5 Å². The van der Waals surface area contributed by atoms with Gasteiger partial charge in [0.15, 0.2) is 0 Å². The van der Waals surface area contributed by atoms with Crippen LogP contribution in [0.2, 0.25) is 0 Å². The molecule has 0 saturated heterocycles. The molecule has 3 nitrogen and oxygen atoms in total. The van der Waals surface area contributed by atoms with E-state index in [0.29, 0.717) is 17.9 Å². The zero-order valence-electron chi connectivity index (χ0n) is 21.3. The first-order chi connectivity index (χ1) is 14.1. The van der Waals surface area contributed by atoms with E-state index >= 15 is 0 Å². The van der Waals surface area contributed by atoms with E-state index in [9.17, 15) is 10.2 Å². The van der Waals surface area contributed by atoms with Crippen LogP contribution in [0.15, 0.2) is 24.3 Å². The summed E-state index contributed by atoms with van der Waals surface area (Å²) in [4.78, 5) is 0. The Bertz CT molecular complexity index is 793. The molecule has 0 atom stereocenters. The first-order valence-corrected chi connectivity index (χ1v) is 11.5. The Morgan fingerprint density at radius 2 is 0.968 bits per heavy atom. The van der Waals surface area contributed by atoms with Crippen LogP contribution < -0.4 is 0 Å². The monoisotopic (exact) mass is 428 g/mol. The van der Waals surface area contributed by atoms with E-state index in [1.165, 1.54) is 11.1 Å². The van der Waals surface area contributed by atoms with Gasteiger partial charge in [-0.25, -0.2) is 0 Å². The molecule has 0 spiro atoms. The van der Waals surface area contributed by atoms with Crippen LogP contribution in [0.25, 0.3) is 0 Å². The lowest BCUT2D eigenvalue weighted by Crippen LogP contribution is -2.14. The summed E-state index contributed by atoms with van der Waals surface area (Å²) in [5.74, 6) is 0.719. The number of aliphatic hydroxyl groups is 1. The van der Waals surface area contributed by atoms with Gasteiger partial charge in [-0.15, -0.1) is 0 Å². The van der Waals surface area contributed by atoms with Crippen molar-refractivity contribution in [3.63, 3.8) is 0 Å². The van der Waals surface area contributed by atoms with Gasteiger partial charge in [-0.3, -0.25) is 0 Å². The molecule has 0 saturated carbocycles. The second kappa shape index (κ2) is 10.5. The normalized spacial score (nSPS) is 12.0. The number of rotatable bonds is 4. The van der Waals surface area contributed by atoms with Gasteiger partial charge in [-0.1, -0.05) is 79.7 Å². The highest BCUT2D eigenvalue weighted by Crippen LogP contribution is 2.39. The van der Waals surface area contributed by atoms with Gasteiger partial charge < -0.3 is 15.3 Å². The second-order valence-corrected chi connectivity index (χ2v) is 10.8. The number of phenolic OH excluding ortho intramolecular Hbond substituents is 2. The number of hydrogen-bond donors (Lipinski definition) is 3. The molecule has 0 amide bonds. The summed E-state index contributed by atoms with van der Waals surface area (Å²) < 4.78 is 0. The predicted molar refractivity (Wildman–Crippen MR) is 133 cm³/mol. The van der Waals surface area contributed by atoms with Gasteiger partial charge in [-0.05, 0) is 70.9 Å². The molecule has 174 valence electrons. The maximum Gasteiger partial charge on any atom is 0.122 e. The summed E-state index contributed by atoms with van der Waals surface area (Å²) in [7, 11) is 0. The third-order valence-corrected chi connectivity index (χ3v) is 5.31. The zero-order chi connectivity index (χ0) is 24.1. The van der Waals surface area contributed by atoms with E-state index in [1.54, 1.807) is 13.8 Å². The highest BCUT2D eigenvalue weighted by Gasteiger charge is 2.24. The van der Waals surface area contributed by atoms with Crippen molar-refractivity contribution in [2.24, 2.45) is 0 Å². The molecule has 0 heterocycles. The van der Waals surface area contributed by atoms with Crippen molar-refractivity contribution in [2.75, 3.05) is 0 Å². The quantitative estimate of drug-likeness (QED) is 0.502. The molecule has 0 aliphatic carbocycles. The summed E-state index contributed by atoms with van der Waals surface area (Å²) in [5.41, 5.74) is 5.90. The van der Waals surface area contributed by atoms with E-state index in [0.717, 1.165) is 35.1 Å². The maximum absolute atomic E-state index is 11.0. The average Bonchev–Trinajstić information content (AvgIpc) is 2.62. The average molecular weight is 429 g/mol. The van der Waals surface area contributed by atoms with Gasteiger partial charge in [0, 0.05) is 12.5 Å². The Hall–Kier alpha value is -2.00. The molecule has 0 aromatic heterocycles. The van der Waals surface area contributed by atoms with Crippen molar-refractivity contribution < 1.29 is 15.3 Å². The lowest BCUT2D eigenvalue weighted by Gasteiger charge is -2.25. The minimum Gasteiger partial charge on any atom is -0.507 e. The molecule has 0 unspecified atom stereocenters. The molecule has 3 heteroatoms. The Morgan fingerprint density at radius 1 is 0.677 bits per heavy atom. The lowest BCUT2D eigenvalue weighted by molar-refractivity contribution is 0.216. The molecule has 2 aromatic rings. The van der Waals surface area contributed by atoms with E-state index < -0.39 is 0 Å². The Morgan fingerprint density at radius 3 is 1.19 bits per heavy atom. The van der Waals surface area contributed by atoms with Crippen LogP contribution in [-0.2, 0) is 30.1 Å². The van der Waals surface area contributed by atoms with Crippen molar-refractivity contribution >= 4 is 0 Å². The SMILES string of the molecule is CC(C)O.CCc1cc(Cc2cc(CC)cc(C(C)(C)C)c2O)c(O)c(C(C)(C)C)c1. The number of aliphatic hydroxyl groups excluding tert-OH is 1. The number of phenols is 2. The summed E-state index contributed by atoms with van der Waals surface area (Å²) in [6, 6.07) is 8.39. The van der Waals surface area contributed by atoms with Crippen LogP contribution in [-0.4, -0.2) is 21.4 Å². The van der Waals surface area contributed by atoms with Crippen molar-refractivity contribution in [1.82, 2.24) is 0 Å². The Labute approximate surface area is 190 Å². The van der Waals surface area contributed by atoms with E-state index in [4.69, 9.17) is 5.11 Å². The maximum atomic E-state index is 11.0. The van der Waals surface area contributed by atoms with Gasteiger partial charge in [0.2, 0.25) is 0 Å². The van der Waals surface area contributed by atoms with Crippen LogP contribution >= 0.6 is 0 Å². The highest BCUT2D eigenvalue weighted by molar-refractivity contribution is 5.53. The summed E-state index contributed by atoms with van der Waals surface area (Å²) in [6.07, 6.45) is 2.21. The van der Waals surface area contributed by atoms with Crippen LogP contribution in [0.3, 0.4) is 0 Å². The third-order valence-electron chi connectivity index (χ3n) is 5.31. The standard InChI is InChI=1S/C25H36O2.C3H8O/c1-9-16-11-18(22(26)20(13-16)24(3,4)5)15-19-12-17(10-2)14-21(23(19)27)25(6,7)8;1-3(2)4/h11-14,26-27H,9-10,15H2,1-8H3;3-4H,1-2H3. The lowest BCUT2D eigenvalue weighted by atomic mass is 9.81. The Kier molecular flexibility index (Phi) is 9.19. The van der Waals surface area contributed by atoms with Crippen LogP contribution in [0.1, 0.15) is 103 Å². The van der Waals surface area contributed by atoms with Gasteiger partial charge >= 0.3 is 0 Å². The number of aryl methyl sites for hydroxylation is 2. The van der Waals surface area contributed by atoms with Gasteiger partial charge in [0.05, 0.1) is 0 Å². The molecule has 3 N–H and O–H groups in total. The minimum atomic E-state index is -0.167. The highest BCUT2D eigenvalue weighted by atomic mass is 16.3. The molecule has 0 bridgehead atoms.